The van der Waals surface area contributed by atoms with Gasteiger partial charge < -0.3 is 24.8 Å². The van der Waals surface area contributed by atoms with Crippen molar-refractivity contribution in [3.05, 3.63) is 24.0 Å². The summed E-state index contributed by atoms with van der Waals surface area (Å²) in [5.74, 6) is 0.602. The Hall–Kier alpha value is -2.02. The van der Waals surface area contributed by atoms with Gasteiger partial charge in [-0.2, -0.15) is 0 Å². The van der Waals surface area contributed by atoms with Crippen LogP contribution in [0, 0.1) is 0 Å². The largest absolute Gasteiger partial charge is 0.383 e. The topological polar surface area (TPSA) is 70.9 Å². The molecule has 0 atom stereocenters. The predicted octanol–water partition coefficient (Wildman–Crippen LogP) is 0.185. The highest BCUT2D eigenvalue weighted by atomic mass is 16.5. The van der Waals surface area contributed by atoms with E-state index in [9.17, 15) is 4.79 Å². The Labute approximate surface area is 132 Å². The van der Waals surface area contributed by atoms with Crippen molar-refractivity contribution in [1.29, 1.82) is 0 Å². The number of methoxy groups -OCH3 is 1. The van der Waals surface area contributed by atoms with Gasteiger partial charge in [0.1, 0.15) is 6.54 Å². The molecule has 0 fully saturated rings. The first kappa shape index (κ1) is 18.0. The van der Waals surface area contributed by atoms with Gasteiger partial charge in [0.15, 0.2) is 5.96 Å². The molecule has 1 aromatic rings. The van der Waals surface area contributed by atoms with Crippen molar-refractivity contribution in [1.82, 2.24) is 20.1 Å². The average Bonchev–Trinajstić information content (AvgIpc) is 2.89. The van der Waals surface area contributed by atoms with Crippen LogP contribution in [-0.4, -0.2) is 61.7 Å². The van der Waals surface area contributed by atoms with Crippen LogP contribution in [0.15, 0.2) is 23.3 Å². The molecule has 0 aliphatic carbocycles. The van der Waals surface area contributed by atoms with Crippen molar-refractivity contribution < 1.29 is 9.53 Å². The van der Waals surface area contributed by atoms with Crippen LogP contribution < -0.4 is 10.6 Å². The van der Waals surface area contributed by atoms with Gasteiger partial charge in [0.2, 0.25) is 5.91 Å². The number of ether oxygens (including phenoxy) is 1. The van der Waals surface area contributed by atoms with Crippen LogP contribution in [-0.2, 0) is 23.1 Å². The van der Waals surface area contributed by atoms with Gasteiger partial charge in [0.05, 0.1) is 13.2 Å². The first-order chi connectivity index (χ1) is 10.6. The molecule has 1 heterocycles. The second-order valence-electron chi connectivity index (χ2n) is 4.98. The lowest BCUT2D eigenvalue weighted by molar-refractivity contribution is -0.119. The number of carbonyl (C=O) groups excluding carboxylic acids is 1. The molecule has 0 saturated heterocycles. The summed E-state index contributed by atoms with van der Waals surface area (Å²) in [6.07, 6.45) is 2.01. The van der Waals surface area contributed by atoms with Crippen molar-refractivity contribution in [3.63, 3.8) is 0 Å². The number of guanidine groups is 1. The van der Waals surface area contributed by atoms with E-state index < -0.39 is 0 Å². The fraction of sp³-hybridized carbons (Fsp3) is 0.600. The highest BCUT2D eigenvalue weighted by Gasteiger charge is 2.09. The number of aliphatic imine (C=N–C) groups is 1. The highest BCUT2D eigenvalue weighted by molar-refractivity contribution is 5.84. The summed E-state index contributed by atoms with van der Waals surface area (Å²) in [5, 5.41) is 5.95. The maximum Gasteiger partial charge on any atom is 0.241 e. The SMILES string of the molecule is CCNC(=NCC(=O)NCCOC)N(C)Cc1cccn1C. The van der Waals surface area contributed by atoms with Crippen LogP contribution in [0.1, 0.15) is 12.6 Å². The minimum absolute atomic E-state index is 0.101. The zero-order valence-corrected chi connectivity index (χ0v) is 13.9. The molecule has 0 radical (unpaired) electrons. The fourth-order valence-electron chi connectivity index (χ4n) is 1.94. The second-order valence-corrected chi connectivity index (χ2v) is 4.98. The molecule has 7 nitrogen and oxygen atoms in total. The summed E-state index contributed by atoms with van der Waals surface area (Å²) in [6.45, 7) is 4.58. The summed E-state index contributed by atoms with van der Waals surface area (Å²) >= 11 is 0. The zero-order chi connectivity index (χ0) is 16.4. The number of nitrogens with zero attached hydrogens (tertiary/aromatic N) is 3. The van der Waals surface area contributed by atoms with Crippen molar-refractivity contribution in [2.45, 2.75) is 13.5 Å². The number of amides is 1. The molecule has 0 unspecified atom stereocenters. The van der Waals surface area contributed by atoms with Crippen molar-refractivity contribution in [3.8, 4) is 0 Å². The highest BCUT2D eigenvalue weighted by Crippen LogP contribution is 2.03. The summed E-state index contributed by atoms with van der Waals surface area (Å²) < 4.78 is 6.96. The predicted molar refractivity (Wildman–Crippen MR) is 87.7 cm³/mol. The third kappa shape index (κ3) is 6.17. The molecule has 0 saturated carbocycles. The minimum atomic E-state index is -0.111. The summed E-state index contributed by atoms with van der Waals surface area (Å²) in [7, 11) is 5.57. The quantitative estimate of drug-likeness (QED) is 0.408. The summed E-state index contributed by atoms with van der Waals surface area (Å²) in [6, 6.07) is 4.08. The molecule has 0 aromatic carbocycles. The lowest BCUT2D eigenvalue weighted by Crippen LogP contribution is -2.40. The van der Waals surface area contributed by atoms with Gasteiger partial charge >= 0.3 is 0 Å². The number of carbonyl (C=O) groups is 1. The lowest BCUT2D eigenvalue weighted by Gasteiger charge is -2.22. The summed E-state index contributed by atoms with van der Waals surface area (Å²) in [5.41, 5.74) is 1.18. The van der Waals surface area contributed by atoms with E-state index in [1.807, 2.05) is 38.2 Å². The van der Waals surface area contributed by atoms with Crippen LogP contribution in [0.3, 0.4) is 0 Å². The van der Waals surface area contributed by atoms with Gasteiger partial charge in [0.25, 0.3) is 0 Å². The molecule has 124 valence electrons. The average molecular weight is 309 g/mol. The number of nitrogens with one attached hydrogen (secondary N) is 2. The van der Waals surface area contributed by atoms with E-state index in [2.05, 4.69) is 26.3 Å². The molecule has 22 heavy (non-hydrogen) atoms. The van der Waals surface area contributed by atoms with Gasteiger partial charge in [-0.15, -0.1) is 0 Å². The van der Waals surface area contributed by atoms with Crippen LogP contribution in [0.4, 0.5) is 0 Å². The van der Waals surface area contributed by atoms with Crippen LogP contribution in [0.5, 0.6) is 0 Å². The molecule has 2 N–H and O–H groups in total. The maximum atomic E-state index is 11.7. The van der Waals surface area contributed by atoms with E-state index in [0.717, 1.165) is 13.1 Å². The first-order valence-electron chi connectivity index (χ1n) is 7.43. The number of aryl methyl sites for hydroxylation is 1. The van der Waals surface area contributed by atoms with E-state index in [4.69, 9.17) is 4.74 Å². The molecule has 7 heteroatoms. The van der Waals surface area contributed by atoms with Gasteiger partial charge in [-0.1, -0.05) is 0 Å². The monoisotopic (exact) mass is 309 g/mol. The first-order valence-corrected chi connectivity index (χ1v) is 7.43. The number of hydrogen-bond donors (Lipinski definition) is 2. The van der Waals surface area contributed by atoms with Crippen LogP contribution >= 0.6 is 0 Å². The van der Waals surface area contributed by atoms with Gasteiger partial charge in [-0.05, 0) is 19.1 Å². The molecule has 0 aliphatic heterocycles. The maximum absolute atomic E-state index is 11.7. The Morgan fingerprint density at radius 2 is 2.23 bits per heavy atom. The molecule has 0 bridgehead atoms. The van der Waals surface area contributed by atoms with Crippen LogP contribution in [0.25, 0.3) is 0 Å². The molecular weight excluding hydrogens is 282 g/mol. The van der Waals surface area contributed by atoms with Crippen molar-refractivity contribution in [2.24, 2.45) is 12.0 Å². The van der Waals surface area contributed by atoms with E-state index >= 15 is 0 Å². The lowest BCUT2D eigenvalue weighted by atomic mass is 10.4. The smallest absolute Gasteiger partial charge is 0.241 e. The van der Waals surface area contributed by atoms with E-state index in [0.29, 0.717) is 19.1 Å². The Kier molecular flexibility index (Phi) is 8.06. The van der Waals surface area contributed by atoms with Gasteiger partial charge in [-0.3, -0.25) is 4.79 Å². The van der Waals surface area contributed by atoms with Crippen molar-refractivity contribution >= 4 is 11.9 Å². The molecule has 1 amide bonds. The molecule has 0 spiro atoms. The van der Waals surface area contributed by atoms with Gasteiger partial charge in [0, 0.05) is 46.2 Å². The standard InChI is InChI=1S/C15H27N5O2/c1-5-16-15(18-11-14(21)17-8-10-22-4)20(3)12-13-7-6-9-19(13)2/h6-7,9H,5,8,10-12H2,1-4H3,(H,16,18)(H,17,21). The van der Waals surface area contributed by atoms with Crippen molar-refractivity contribution in [2.75, 3.05) is 40.4 Å². The molecule has 1 rings (SSSR count). The molecule has 1 aromatic heterocycles. The fourth-order valence-corrected chi connectivity index (χ4v) is 1.94. The van der Waals surface area contributed by atoms with Gasteiger partial charge in [-0.25, -0.2) is 4.99 Å². The van der Waals surface area contributed by atoms with E-state index in [1.165, 1.54) is 5.69 Å². The zero-order valence-electron chi connectivity index (χ0n) is 13.9. The number of rotatable bonds is 8. The van der Waals surface area contributed by atoms with E-state index in [1.54, 1.807) is 7.11 Å². The number of hydrogen-bond acceptors (Lipinski definition) is 3. The van der Waals surface area contributed by atoms with E-state index in [-0.39, 0.29) is 12.5 Å². The Morgan fingerprint density at radius 3 is 2.82 bits per heavy atom. The molecular formula is C15H27N5O2. The minimum Gasteiger partial charge on any atom is -0.383 e. The Morgan fingerprint density at radius 1 is 1.45 bits per heavy atom. The number of aromatic nitrogens is 1. The summed E-state index contributed by atoms with van der Waals surface area (Å²) in [4.78, 5) is 18.1. The van der Waals surface area contributed by atoms with Crippen LogP contribution in [0.2, 0.25) is 0 Å². The second kappa shape index (κ2) is 9.83. The third-order valence-electron chi connectivity index (χ3n) is 3.15. The normalized spacial score (nSPS) is 11.4. The third-order valence-corrected chi connectivity index (χ3v) is 3.15. The Balaban J connectivity index is 2.57. The molecule has 0 aliphatic rings. The Bertz CT molecular complexity index is 484.